The Labute approximate surface area is 107 Å². The highest BCUT2D eigenvalue weighted by Gasteiger charge is 1.90. The van der Waals surface area contributed by atoms with E-state index in [0.717, 1.165) is 11.1 Å². The van der Waals surface area contributed by atoms with Crippen LogP contribution < -0.4 is 17.4 Å². The van der Waals surface area contributed by atoms with Gasteiger partial charge in [0, 0.05) is 12.1 Å². The molecule has 1 N–H and O–H groups in total. The predicted molar refractivity (Wildman–Crippen MR) is 63.1 cm³/mol. The highest BCUT2D eigenvalue weighted by molar-refractivity contribution is 5.69. The van der Waals surface area contributed by atoms with Crippen LogP contribution in [0.15, 0.2) is 48.8 Å². The Morgan fingerprint density at radius 1 is 0.882 bits per heavy atom. The van der Waals surface area contributed by atoms with Crippen LogP contribution >= 0.6 is 0 Å². The number of nitrogens with zero attached hydrogens (tertiary/aromatic N) is 1. The molecule has 0 bridgehead atoms. The van der Waals surface area contributed by atoms with Crippen LogP contribution in [0, 0.1) is 11.3 Å². The van der Waals surface area contributed by atoms with E-state index in [1.807, 2.05) is 60.9 Å². The number of hydrogen-bond acceptors (Lipinski definition) is 1. The minimum atomic E-state index is 0. The summed E-state index contributed by atoms with van der Waals surface area (Å²) in [5.74, 6) is 0. The van der Waals surface area contributed by atoms with Crippen molar-refractivity contribution >= 4 is 12.2 Å². The van der Waals surface area contributed by atoms with Crippen LogP contribution in [0.5, 0.6) is 0 Å². The first-order valence-electron chi connectivity index (χ1n) is 5.03. The molecule has 0 amide bonds. The van der Waals surface area contributed by atoms with Crippen molar-refractivity contribution in [3.05, 3.63) is 65.5 Å². The average molecular weight is 243 g/mol. The van der Waals surface area contributed by atoms with Crippen molar-refractivity contribution in [2.45, 2.75) is 0 Å². The SMILES string of the molecule is N#Cc1ccc(/C=C\c2cc[nH+]cc2)cc1.[Cl-]. The largest absolute Gasteiger partial charge is 1.00 e. The van der Waals surface area contributed by atoms with Gasteiger partial charge in [-0.05, 0) is 23.3 Å². The molecular weight excluding hydrogens is 232 g/mol. The third kappa shape index (κ3) is 3.75. The maximum atomic E-state index is 8.66. The molecular formula is C14H11ClN2. The summed E-state index contributed by atoms with van der Waals surface area (Å²) in [4.78, 5) is 2.98. The van der Waals surface area contributed by atoms with Gasteiger partial charge in [0.1, 0.15) is 0 Å². The molecule has 0 atom stereocenters. The summed E-state index contributed by atoms with van der Waals surface area (Å²) in [7, 11) is 0. The van der Waals surface area contributed by atoms with E-state index in [9.17, 15) is 0 Å². The molecule has 0 spiro atoms. The summed E-state index contributed by atoms with van der Waals surface area (Å²) in [6.07, 6.45) is 7.84. The fraction of sp³-hybridized carbons (Fsp3) is 0. The summed E-state index contributed by atoms with van der Waals surface area (Å²) in [5, 5.41) is 8.66. The van der Waals surface area contributed by atoms with Crippen molar-refractivity contribution in [3.63, 3.8) is 0 Å². The summed E-state index contributed by atoms with van der Waals surface area (Å²) >= 11 is 0. The molecule has 2 rings (SSSR count). The maximum absolute atomic E-state index is 8.66. The molecule has 17 heavy (non-hydrogen) atoms. The standard InChI is InChI=1S/C14H10N2.ClH/c15-11-14-5-3-12(4-6-14)1-2-13-7-9-16-10-8-13;/h1-10H;1H/b2-1-;. The van der Waals surface area contributed by atoms with Gasteiger partial charge in [-0.1, -0.05) is 24.3 Å². The van der Waals surface area contributed by atoms with E-state index in [1.165, 1.54) is 0 Å². The van der Waals surface area contributed by atoms with Crippen molar-refractivity contribution in [3.8, 4) is 6.07 Å². The zero-order chi connectivity index (χ0) is 11.2. The first kappa shape index (κ1) is 13.0. The van der Waals surface area contributed by atoms with Crippen LogP contribution in [0.1, 0.15) is 16.7 Å². The number of pyridine rings is 1. The van der Waals surface area contributed by atoms with Gasteiger partial charge < -0.3 is 12.4 Å². The van der Waals surface area contributed by atoms with Crippen molar-refractivity contribution in [1.29, 1.82) is 5.26 Å². The lowest BCUT2D eigenvalue weighted by Crippen LogP contribution is -3.00. The molecule has 84 valence electrons. The Morgan fingerprint density at radius 3 is 1.94 bits per heavy atom. The number of aromatic amines is 1. The van der Waals surface area contributed by atoms with Crippen molar-refractivity contribution < 1.29 is 17.4 Å². The van der Waals surface area contributed by atoms with E-state index in [-0.39, 0.29) is 12.4 Å². The Hall–Kier alpha value is -2.11. The first-order chi connectivity index (χ1) is 7.88. The zero-order valence-corrected chi connectivity index (χ0v) is 9.85. The smallest absolute Gasteiger partial charge is 0.167 e. The average Bonchev–Trinajstić information content (AvgIpc) is 2.38. The third-order valence-corrected chi connectivity index (χ3v) is 2.25. The molecule has 0 aliphatic rings. The molecule has 0 unspecified atom stereocenters. The number of rotatable bonds is 2. The number of benzene rings is 1. The maximum Gasteiger partial charge on any atom is 0.167 e. The van der Waals surface area contributed by atoms with E-state index in [2.05, 4.69) is 11.1 Å². The predicted octanol–water partition coefficient (Wildman–Crippen LogP) is -0.453. The Morgan fingerprint density at radius 2 is 1.41 bits per heavy atom. The Kier molecular flexibility index (Phi) is 4.93. The van der Waals surface area contributed by atoms with Crippen molar-refractivity contribution in [2.24, 2.45) is 0 Å². The summed E-state index contributed by atoms with van der Waals surface area (Å²) in [6.45, 7) is 0. The van der Waals surface area contributed by atoms with Crippen LogP contribution in [0.25, 0.3) is 12.2 Å². The van der Waals surface area contributed by atoms with Gasteiger partial charge in [0.2, 0.25) is 0 Å². The van der Waals surface area contributed by atoms with Crippen LogP contribution in [0.2, 0.25) is 0 Å². The molecule has 0 radical (unpaired) electrons. The second-order valence-corrected chi connectivity index (χ2v) is 3.40. The van der Waals surface area contributed by atoms with Crippen LogP contribution in [-0.2, 0) is 0 Å². The fourth-order valence-electron chi connectivity index (χ4n) is 1.37. The molecule has 0 fully saturated rings. The molecule has 0 aliphatic heterocycles. The number of halogens is 1. The quantitative estimate of drug-likeness (QED) is 0.703. The van der Waals surface area contributed by atoms with Gasteiger partial charge in [0.15, 0.2) is 12.4 Å². The first-order valence-corrected chi connectivity index (χ1v) is 5.03. The molecule has 2 nitrogen and oxygen atoms in total. The minimum Gasteiger partial charge on any atom is -1.00 e. The van der Waals surface area contributed by atoms with Crippen LogP contribution in [0.3, 0.4) is 0 Å². The number of nitrogens with one attached hydrogen (secondary N) is 1. The normalized spacial score (nSPS) is 9.59. The topological polar surface area (TPSA) is 37.9 Å². The van der Waals surface area contributed by atoms with Gasteiger partial charge in [-0.15, -0.1) is 0 Å². The number of aromatic nitrogens is 1. The van der Waals surface area contributed by atoms with Gasteiger partial charge in [-0.3, -0.25) is 0 Å². The lowest BCUT2D eigenvalue weighted by Gasteiger charge is -1.93. The minimum absolute atomic E-state index is 0. The van der Waals surface area contributed by atoms with Gasteiger partial charge in [0.25, 0.3) is 0 Å². The lowest BCUT2D eigenvalue weighted by atomic mass is 10.1. The highest BCUT2D eigenvalue weighted by atomic mass is 35.5. The fourth-order valence-corrected chi connectivity index (χ4v) is 1.37. The molecule has 0 aliphatic carbocycles. The molecule has 2 aromatic rings. The van der Waals surface area contributed by atoms with Crippen molar-refractivity contribution in [2.75, 3.05) is 0 Å². The second-order valence-electron chi connectivity index (χ2n) is 3.40. The summed E-state index contributed by atoms with van der Waals surface area (Å²) < 4.78 is 0. The van der Waals surface area contributed by atoms with E-state index in [1.54, 1.807) is 0 Å². The van der Waals surface area contributed by atoms with Crippen molar-refractivity contribution in [1.82, 2.24) is 0 Å². The number of hydrogen-bond donors (Lipinski definition) is 0. The molecule has 3 heteroatoms. The zero-order valence-electron chi connectivity index (χ0n) is 9.10. The third-order valence-electron chi connectivity index (χ3n) is 2.25. The van der Waals surface area contributed by atoms with Gasteiger partial charge >= 0.3 is 0 Å². The van der Waals surface area contributed by atoms with Gasteiger partial charge in [0.05, 0.1) is 11.6 Å². The van der Waals surface area contributed by atoms with Crippen LogP contribution in [0.4, 0.5) is 0 Å². The Balaban J connectivity index is 0.00000144. The highest BCUT2D eigenvalue weighted by Crippen LogP contribution is 2.08. The van der Waals surface area contributed by atoms with E-state index < -0.39 is 0 Å². The van der Waals surface area contributed by atoms with Crippen LogP contribution in [-0.4, -0.2) is 0 Å². The summed E-state index contributed by atoms with van der Waals surface area (Å²) in [6, 6.07) is 13.6. The Bertz CT molecular complexity index is 524. The van der Waals surface area contributed by atoms with Gasteiger partial charge in [-0.2, -0.15) is 5.26 Å². The molecule has 0 saturated heterocycles. The second kappa shape index (κ2) is 6.47. The van der Waals surface area contributed by atoms with E-state index >= 15 is 0 Å². The van der Waals surface area contributed by atoms with Gasteiger partial charge in [-0.25, -0.2) is 4.98 Å². The number of nitriles is 1. The molecule has 1 heterocycles. The lowest BCUT2D eigenvalue weighted by molar-refractivity contribution is -0.378. The van der Waals surface area contributed by atoms with E-state index in [4.69, 9.17) is 5.26 Å². The molecule has 1 aromatic heterocycles. The monoisotopic (exact) mass is 242 g/mol. The summed E-state index contributed by atoms with van der Waals surface area (Å²) in [5.41, 5.74) is 2.92. The molecule has 1 aromatic carbocycles. The van der Waals surface area contributed by atoms with E-state index in [0.29, 0.717) is 5.56 Å². The molecule has 0 saturated carbocycles. The number of H-pyrrole nitrogens is 1.